The van der Waals surface area contributed by atoms with E-state index in [0.29, 0.717) is 0 Å². The molecular weight excluding hydrogens is 279 g/mol. The minimum absolute atomic E-state index is 0.915. The average molecular weight is 291 g/mol. The van der Waals surface area contributed by atoms with E-state index in [0.717, 1.165) is 28.8 Å². The van der Waals surface area contributed by atoms with E-state index in [1.165, 1.54) is 0 Å². The van der Waals surface area contributed by atoms with Crippen molar-refractivity contribution in [3.05, 3.63) is 48.8 Å². The van der Waals surface area contributed by atoms with Gasteiger partial charge in [0.25, 0.3) is 0 Å². The van der Waals surface area contributed by atoms with Gasteiger partial charge >= 0.3 is 21.0 Å². The van der Waals surface area contributed by atoms with Crippen molar-refractivity contribution in [2.75, 3.05) is 0 Å². The van der Waals surface area contributed by atoms with Crippen molar-refractivity contribution in [3.63, 3.8) is 0 Å². The molecule has 0 atom stereocenters. The summed E-state index contributed by atoms with van der Waals surface area (Å²) in [6.07, 6.45) is 3.54. The fraction of sp³-hybridized carbons (Fsp3) is 0. The van der Waals surface area contributed by atoms with Crippen LogP contribution in [0.25, 0.3) is 11.4 Å². The molecule has 0 amide bonds. The van der Waals surface area contributed by atoms with Crippen LogP contribution in [0.2, 0.25) is 0 Å². The SMILES string of the molecule is OO.OO.[O]=[V].c1ccc(-c2ccccn2)nc1. The van der Waals surface area contributed by atoms with Gasteiger partial charge in [-0.05, 0) is 24.3 Å². The summed E-state index contributed by atoms with van der Waals surface area (Å²) in [5, 5.41) is 24.0. The maximum absolute atomic E-state index is 8.19. The van der Waals surface area contributed by atoms with Gasteiger partial charge in [0.1, 0.15) is 0 Å². The maximum atomic E-state index is 8.19. The minimum Gasteiger partial charge on any atom is -0.255 e. The van der Waals surface area contributed by atoms with E-state index in [4.69, 9.17) is 24.7 Å². The molecule has 4 N–H and O–H groups in total. The van der Waals surface area contributed by atoms with Crippen LogP contribution in [0.15, 0.2) is 48.8 Å². The van der Waals surface area contributed by atoms with Crippen molar-refractivity contribution in [3.8, 4) is 11.4 Å². The second-order valence-corrected chi connectivity index (χ2v) is 2.43. The molecule has 0 aliphatic rings. The van der Waals surface area contributed by atoms with Gasteiger partial charge in [0, 0.05) is 12.4 Å². The first-order chi connectivity index (χ1) is 8.97. The second kappa shape index (κ2) is 15.5. The minimum atomic E-state index is 0.915. The molecule has 2 aromatic rings. The van der Waals surface area contributed by atoms with Crippen LogP contribution in [-0.2, 0) is 21.0 Å². The molecule has 0 aromatic carbocycles. The zero-order valence-electron chi connectivity index (χ0n) is 9.16. The van der Waals surface area contributed by atoms with Crippen LogP contribution in [0.4, 0.5) is 0 Å². The Balaban J connectivity index is 0. The fourth-order valence-electron chi connectivity index (χ4n) is 1.03. The molecular formula is C10H12N2O5V. The van der Waals surface area contributed by atoms with Crippen LogP contribution in [0.5, 0.6) is 0 Å². The summed E-state index contributed by atoms with van der Waals surface area (Å²) in [6.45, 7) is 0. The topological polar surface area (TPSA) is 124 Å². The first-order valence-electron chi connectivity index (χ1n) is 4.37. The fourth-order valence-corrected chi connectivity index (χ4v) is 1.03. The number of hydrogen-bond donors (Lipinski definition) is 4. The summed E-state index contributed by atoms with van der Waals surface area (Å²) in [4.78, 5) is 8.37. The van der Waals surface area contributed by atoms with E-state index < -0.39 is 0 Å². The van der Waals surface area contributed by atoms with E-state index in [2.05, 4.69) is 9.97 Å². The normalized spacial score (nSPS) is 7.28. The zero-order chi connectivity index (χ0) is 14.2. The molecule has 0 radical (unpaired) electrons. The molecule has 0 aliphatic heterocycles. The number of aromatic nitrogens is 2. The Kier molecular flexibility index (Phi) is 16.3. The molecule has 18 heavy (non-hydrogen) atoms. The van der Waals surface area contributed by atoms with Gasteiger partial charge in [0.2, 0.25) is 0 Å². The van der Waals surface area contributed by atoms with Crippen molar-refractivity contribution in [1.82, 2.24) is 9.97 Å². The summed E-state index contributed by atoms with van der Waals surface area (Å²) >= 11 is 1.06. The first-order valence-corrected chi connectivity index (χ1v) is 4.94. The van der Waals surface area contributed by atoms with Gasteiger partial charge in [0.05, 0.1) is 11.4 Å². The molecule has 0 saturated heterocycles. The molecule has 2 aromatic heterocycles. The van der Waals surface area contributed by atoms with Gasteiger partial charge in [-0.1, -0.05) is 12.1 Å². The van der Waals surface area contributed by atoms with Gasteiger partial charge in [-0.15, -0.1) is 0 Å². The third-order valence-corrected chi connectivity index (χ3v) is 1.59. The van der Waals surface area contributed by atoms with E-state index in [1.807, 2.05) is 36.4 Å². The standard InChI is InChI=1S/C10H8N2.2H2O2.O.V/c1-3-7-11-9(5-1)10-6-2-4-8-12-10;2*1-2;;/h1-8H;2*1-2H;;. The summed E-state index contributed by atoms with van der Waals surface area (Å²) in [5.74, 6) is 0. The molecule has 0 aliphatic carbocycles. The van der Waals surface area contributed by atoms with Gasteiger partial charge in [-0.25, -0.2) is 0 Å². The Bertz CT molecular complexity index is 339. The van der Waals surface area contributed by atoms with Crippen molar-refractivity contribution in [1.29, 1.82) is 0 Å². The monoisotopic (exact) mass is 291 g/mol. The number of pyridine rings is 2. The largest absolute Gasteiger partial charge is 0.255 e. The van der Waals surface area contributed by atoms with Crippen LogP contribution in [-0.4, -0.2) is 31.0 Å². The van der Waals surface area contributed by atoms with Gasteiger partial charge < -0.3 is 0 Å². The number of hydrogen-bond acceptors (Lipinski definition) is 7. The van der Waals surface area contributed by atoms with E-state index in [1.54, 1.807) is 12.4 Å². The molecule has 0 spiro atoms. The molecule has 0 unspecified atom stereocenters. The quantitative estimate of drug-likeness (QED) is 0.468. The maximum Gasteiger partial charge on any atom is 0.0886 e. The Morgan fingerprint density at radius 1 is 0.722 bits per heavy atom. The Morgan fingerprint density at radius 3 is 1.28 bits per heavy atom. The Morgan fingerprint density at radius 2 is 1.06 bits per heavy atom. The predicted molar refractivity (Wildman–Crippen MR) is 58.7 cm³/mol. The predicted octanol–water partition coefficient (Wildman–Crippen LogP) is 2.06. The van der Waals surface area contributed by atoms with Crippen molar-refractivity contribution >= 4 is 0 Å². The molecule has 2 rings (SSSR count). The summed E-state index contributed by atoms with van der Waals surface area (Å²) in [6, 6.07) is 11.6. The van der Waals surface area contributed by atoms with E-state index in [9.17, 15) is 0 Å². The van der Waals surface area contributed by atoms with Crippen LogP contribution < -0.4 is 0 Å². The van der Waals surface area contributed by atoms with Crippen LogP contribution >= 0.6 is 0 Å². The van der Waals surface area contributed by atoms with Gasteiger partial charge in [0.15, 0.2) is 0 Å². The average Bonchev–Trinajstić information content (AvgIpc) is 2.55. The Labute approximate surface area is 112 Å². The van der Waals surface area contributed by atoms with Crippen LogP contribution in [0.3, 0.4) is 0 Å². The number of rotatable bonds is 1. The molecule has 2 heterocycles. The molecule has 7 nitrogen and oxygen atoms in total. The summed E-state index contributed by atoms with van der Waals surface area (Å²) < 4.78 is 8.19. The third-order valence-electron chi connectivity index (χ3n) is 1.59. The zero-order valence-corrected chi connectivity index (χ0v) is 10.6. The first kappa shape index (κ1) is 18.9. The van der Waals surface area contributed by atoms with E-state index >= 15 is 0 Å². The molecule has 97 valence electrons. The summed E-state index contributed by atoms with van der Waals surface area (Å²) in [5.41, 5.74) is 1.83. The molecule has 0 saturated carbocycles. The van der Waals surface area contributed by atoms with Crippen molar-refractivity contribution < 1.29 is 42.1 Å². The smallest absolute Gasteiger partial charge is 0.0886 e. The van der Waals surface area contributed by atoms with Crippen LogP contribution in [0, 0.1) is 0 Å². The third kappa shape index (κ3) is 7.74. The van der Waals surface area contributed by atoms with Gasteiger partial charge in [-0.3, -0.25) is 31.0 Å². The molecule has 8 heteroatoms. The molecule has 0 fully saturated rings. The van der Waals surface area contributed by atoms with Crippen molar-refractivity contribution in [2.24, 2.45) is 0 Å². The van der Waals surface area contributed by atoms with E-state index in [-0.39, 0.29) is 0 Å². The molecule has 0 bridgehead atoms. The Hall–Kier alpha value is -1.48. The second-order valence-electron chi connectivity index (χ2n) is 2.43. The van der Waals surface area contributed by atoms with Crippen LogP contribution in [0.1, 0.15) is 0 Å². The summed E-state index contributed by atoms with van der Waals surface area (Å²) in [7, 11) is 0. The number of nitrogens with zero attached hydrogens (tertiary/aromatic N) is 2. The van der Waals surface area contributed by atoms with Crippen molar-refractivity contribution in [2.45, 2.75) is 0 Å². The van der Waals surface area contributed by atoms with Gasteiger partial charge in [-0.2, -0.15) is 0 Å².